The van der Waals surface area contributed by atoms with Crippen molar-refractivity contribution in [2.24, 2.45) is 0 Å². The number of nitrogens with one attached hydrogen (secondary N) is 1. The maximum atomic E-state index is 3.78. The van der Waals surface area contributed by atoms with Gasteiger partial charge in [-0.3, -0.25) is 4.90 Å². The van der Waals surface area contributed by atoms with Crippen molar-refractivity contribution < 1.29 is 0 Å². The van der Waals surface area contributed by atoms with Crippen LogP contribution in [0.3, 0.4) is 0 Å². The lowest BCUT2D eigenvalue weighted by Gasteiger charge is -2.32. The topological polar surface area (TPSA) is 15.3 Å². The molecule has 2 rings (SSSR count). The number of fused-ring (bicyclic) bond motifs is 2. The Morgan fingerprint density at radius 2 is 2.00 bits per heavy atom. The first-order valence-electron chi connectivity index (χ1n) is 7.33. The van der Waals surface area contributed by atoms with Crippen LogP contribution in [0, 0.1) is 0 Å². The predicted octanol–water partition coefficient (Wildman–Crippen LogP) is 2.78. The zero-order valence-electron chi connectivity index (χ0n) is 11.0. The lowest BCUT2D eigenvalue weighted by Crippen LogP contribution is -2.41. The van der Waals surface area contributed by atoms with E-state index in [1.54, 1.807) is 0 Å². The number of hydrogen-bond donors (Lipinski definition) is 1. The summed E-state index contributed by atoms with van der Waals surface area (Å²) >= 11 is 0. The molecule has 0 aromatic heterocycles. The molecule has 2 saturated heterocycles. The van der Waals surface area contributed by atoms with Crippen LogP contribution in [0.15, 0.2) is 0 Å². The molecule has 3 atom stereocenters. The highest BCUT2D eigenvalue weighted by Gasteiger charge is 2.31. The summed E-state index contributed by atoms with van der Waals surface area (Å²) in [5, 5.41) is 3.78. The molecule has 2 nitrogen and oxygen atoms in total. The minimum absolute atomic E-state index is 0.795. The Morgan fingerprint density at radius 3 is 2.75 bits per heavy atom. The third kappa shape index (κ3) is 2.98. The molecule has 1 N–H and O–H groups in total. The van der Waals surface area contributed by atoms with E-state index >= 15 is 0 Å². The van der Waals surface area contributed by atoms with E-state index in [0.29, 0.717) is 0 Å². The number of unbranched alkanes of at least 4 members (excludes halogenated alkanes) is 1. The Kier molecular flexibility index (Phi) is 4.66. The Balaban J connectivity index is 1.86. The molecule has 2 bridgehead atoms. The lowest BCUT2D eigenvalue weighted by atomic mass is 10.0. The van der Waals surface area contributed by atoms with Gasteiger partial charge in [-0.2, -0.15) is 0 Å². The molecule has 2 aliphatic rings. The molecule has 3 unspecified atom stereocenters. The second kappa shape index (κ2) is 6.02. The molecule has 0 spiro atoms. The molecule has 2 heterocycles. The summed E-state index contributed by atoms with van der Waals surface area (Å²) in [6, 6.07) is 2.47. The van der Waals surface area contributed by atoms with Crippen molar-refractivity contribution in [1.29, 1.82) is 0 Å². The van der Waals surface area contributed by atoms with Crippen LogP contribution < -0.4 is 5.32 Å². The minimum atomic E-state index is 0.795. The van der Waals surface area contributed by atoms with Gasteiger partial charge in [-0.1, -0.05) is 26.7 Å². The smallest absolute Gasteiger partial charge is 0.0198 e. The third-order valence-corrected chi connectivity index (χ3v) is 4.43. The van der Waals surface area contributed by atoms with Gasteiger partial charge in [0.1, 0.15) is 0 Å². The minimum Gasteiger partial charge on any atom is -0.310 e. The molecular formula is C14H28N2. The first-order valence-corrected chi connectivity index (χ1v) is 7.33. The van der Waals surface area contributed by atoms with E-state index in [-0.39, 0.29) is 0 Å². The van der Waals surface area contributed by atoms with Gasteiger partial charge in [-0.25, -0.2) is 0 Å². The molecule has 2 fully saturated rings. The fourth-order valence-electron chi connectivity index (χ4n) is 3.39. The van der Waals surface area contributed by atoms with E-state index in [2.05, 4.69) is 24.1 Å². The number of nitrogens with zero attached hydrogens (tertiary/aromatic N) is 1. The Morgan fingerprint density at radius 1 is 1.19 bits per heavy atom. The van der Waals surface area contributed by atoms with E-state index in [4.69, 9.17) is 0 Å². The van der Waals surface area contributed by atoms with Crippen LogP contribution in [0.1, 0.15) is 58.8 Å². The maximum absolute atomic E-state index is 3.78. The van der Waals surface area contributed by atoms with Gasteiger partial charge in [0.25, 0.3) is 0 Å². The summed E-state index contributed by atoms with van der Waals surface area (Å²) in [5.74, 6) is 0. The molecule has 2 heteroatoms. The number of likely N-dealkylation sites (tertiary alicyclic amines) is 1. The molecular weight excluding hydrogens is 196 g/mol. The zero-order chi connectivity index (χ0) is 11.4. The Labute approximate surface area is 101 Å². The Bertz CT molecular complexity index is 205. The first kappa shape index (κ1) is 12.4. The Hall–Kier alpha value is -0.0800. The fraction of sp³-hybridized carbons (Fsp3) is 1.00. The van der Waals surface area contributed by atoms with Gasteiger partial charge in [0.15, 0.2) is 0 Å². The van der Waals surface area contributed by atoms with Crippen molar-refractivity contribution in [2.45, 2.75) is 76.9 Å². The van der Waals surface area contributed by atoms with Gasteiger partial charge in [-0.15, -0.1) is 0 Å². The van der Waals surface area contributed by atoms with Crippen molar-refractivity contribution >= 4 is 0 Å². The highest BCUT2D eigenvalue weighted by Crippen LogP contribution is 2.23. The van der Waals surface area contributed by atoms with E-state index < -0.39 is 0 Å². The standard InChI is InChI=1S/C14H28N2/c1-3-5-6-14(4-2)16-10-9-12-7-8-13(11-16)15-12/h12-15H,3-11H2,1-2H3. The lowest BCUT2D eigenvalue weighted by molar-refractivity contribution is 0.170. The van der Waals surface area contributed by atoms with Gasteiger partial charge in [0.05, 0.1) is 0 Å². The largest absolute Gasteiger partial charge is 0.310 e. The van der Waals surface area contributed by atoms with Crippen molar-refractivity contribution in [3.8, 4) is 0 Å². The summed E-state index contributed by atoms with van der Waals surface area (Å²) in [5.41, 5.74) is 0. The van der Waals surface area contributed by atoms with Gasteiger partial charge < -0.3 is 5.32 Å². The van der Waals surface area contributed by atoms with Crippen LogP contribution in [-0.2, 0) is 0 Å². The monoisotopic (exact) mass is 224 g/mol. The molecule has 2 aliphatic heterocycles. The second-order valence-electron chi connectivity index (χ2n) is 5.63. The van der Waals surface area contributed by atoms with Crippen LogP contribution in [0.2, 0.25) is 0 Å². The van der Waals surface area contributed by atoms with Crippen LogP contribution >= 0.6 is 0 Å². The van der Waals surface area contributed by atoms with E-state index in [9.17, 15) is 0 Å². The van der Waals surface area contributed by atoms with Crippen LogP contribution in [0.4, 0.5) is 0 Å². The molecule has 0 saturated carbocycles. The summed E-state index contributed by atoms with van der Waals surface area (Å²) in [6.45, 7) is 7.30. The molecule has 0 aliphatic carbocycles. The zero-order valence-corrected chi connectivity index (χ0v) is 11.0. The van der Waals surface area contributed by atoms with Crippen LogP contribution in [0.5, 0.6) is 0 Å². The van der Waals surface area contributed by atoms with E-state index in [0.717, 1.165) is 18.1 Å². The third-order valence-electron chi connectivity index (χ3n) is 4.43. The van der Waals surface area contributed by atoms with Crippen molar-refractivity contribution in [3.63, 3.8) is 0 Å². The van der Waals surface area contributed by atoms with Crippen LogP contribution in [-0.4, -0.2) is 36.1 Å². The van der Waals surface area contributed by atoms with Gasteiger partial charge >= 0.3 is 0 Å². The van der Waals surface area contributed by atoms with Crippen molar-refractivity contribution in [1.82, 2.24) is 10.2 Å². The van der Waals surface area contributed by atoms with E-state index in [1.165, 1.54) is 58.0 Å². The molecule has 16 heavy (non-hydrogen) atoms. The number of rotatable bonds is 5. The average Bonchev–Trinajstić information content (AvgIpc) is 2.61. The summed E-state index contributed by atoms with van der Waals surface area (Å²) < 4.78 is 0. The normalized spacial score (nSPS) is 32.6. The average molecular weight is 224 g/mol. The molecule has 0 radical (unpaired) electrons. The second-order valence-corrected chi connectivity index (χ2v) is 5.63. The quantitative estimate of drug-likeness (QED) is 0.772. The molecule has 94 valence electrons. The van der Waals surface area contributed by atoms with Gasteiger partial charge in [-0.05, 0) is 38.6 Å². The van der Waals surface area contributed by atoms with Crippen molar-refractivity contribution in [2.75, 3.05) is 13.1 Å². The summed E-state index contributed by atoms with van der Waals surface area (Å²) in [6.07, 6.45) is 9.68. The van der Waals surface area contributed by atoms with Crippen LogP contribution in [0.25, 0.3) is 0 Å². The summed E-state index contributed by atoms with van der Waals surface area (Å²) in [4.78, 5) is 2.77. The SMILES string of the molecule is CCCCC(CC)N1CCC2CCC(C1)N2. The van der Waals surface area contributed by atoms with Gasteiger partial charge in [0, 0.05) is 24.7 Å². The molecule has 0 aromatic carbocycles. The first-order chi connectivity index (χ1) is 7.83. The van der Waals surface area contributed by atoms with E-state index in [1.807, 2.05) is 0 Å². The number of hydrogen-bond acceptors (Lipinski definition) is 2. The van der Waals surface area contributed by atoms with Crippen molar-refractivity contribution in [3.05, 3.63) is 0 Å². The van der Waals surface area contributed by atoms with Gasteiger partial charge in [0.2, 0.25) is 0 Å². The maximum Gasteiger partial charge on any atom is 0.0198 e. The predicted molar refractivity (Wildman–Crippen MR) is 69.7 cm³/mol. The molecule has 0 aromatic rings. The highest BCUT2D eigenvalue weighted by molar-refractivity contribution is 4.91. The molecule has 0 amide bonds. The highest BCUT2D eigenvalue weighted by atomic mass is 15.2. The fourth-order valence-corrected chi connectivity index (χ4v) is 3.39. The summed E-state index contributed by atoms with van der Waals surface area (Å²) in [7, 11) is 0.